The van der Waals surface area contributed by atoms with Gasteiger partial charge in [-0.15, -0.1) is 0 Å². The van der Waals surface area contributed by atoms with Crippen LogP contribution >= 0.6 is 11.6 Å². The lowest BCUT2D eigenvalue weighted by Gasteiger charge is -2.39. The number of rotatable bonds is 28. The lowest BCUT2D eigenvalue weighted by molar-refractivity contribution is -0.140. The van der Waals surface area contributed by atoms with Gasteiger partial charge in [-0.2, -0.15) is 0 Å². The Kier molecular flexibility index (Phi) is 25.5. The summed E-state index contributed by atoms with van der Waals surface area (Å²) in [5.41, 5.74) is 13.0. The molecule has 0 unspecified atom stereocenters. The highest BCUT2D eigenvalue weighted by Crippen LogP contribution is 2.45. The van der Waals surface area contributed by atoms with Crippen LogP contribution in [0.25, 0.3) is 33.5 Å². The summed E-state index contributed by atoms with van der Waals surface area (Å²) in [6, 6.07) is 10.7. The monoisotopic (exact) mass is 1160 g/mol. The molecular formula is C58H84ClFN12O10. The van der Waals surface area contributed by atoms with Gasteiger partial charge in [0.25, 0.3) is 0 Å². The van der Waals surface area contributed by atoms with Crippen molar-refractivity contribution in [2.75, 3.05) is 187 Å². The van der Waals surface area contributed by atoms with Crippen LogP contribution in [0.4, 0.5) is 15.9 Å². The number of aromatic amines is 1. The van der Waals surface area contributed by atoms with Gasteiger partial charge in [0, 0.05) is 128 Å². The normalized spacial score (nSPS) is 17.0. The Balaban J connectivity index is 0.781. The number of fused-ring (bicyclic) bond motifs is 1. The van der Waals surface area contributed by atoms with E-state index < -0.39 is 11.9 Å². The van der Waals surface area contributed by atoms with E-state index in [4.69, 9.17) is 46.3 Å². The van der Waals surface area contributed by atoms with E-state index in [1.807, 2.05) is 59.0 Å². The molecule has 0 bridgehead atoms. The number of H-pyrrole nitrogens is 1. The van der Waals surface area contributed by atoms with E-state index in [9.17, 15) is 29.4 Å². The van der Waals surface area contributed by atoms with E-state index in [-0.39, 0.29) is 56.3 Å². The number of nitrogens with zero attached hydrogens (tertiary/aromatic N) is 9. The van der Waals surface area contributed by atoms with Gasteiger partial charge in [-0.3, -0.25) is 38.8 Å². The van der Waals surface area contributed by atoms with E-state index in [1.54, 1.807) is 11.0 Å². The van der Waals surface area contributed by atoms with Crippen LogP contribution in [0.1, 0.15) is 38.2 Å². The molecule has 3 fully saturated rings. The summed E-state index contributed by atoms with van der Waals surface area (Å²) in [5, 5.41) is 22.5. The Labute approximate surface area is 485 Å². The van der Waals surface area contributed by atoms with Gasteiger partial charge in [0.15, 0.2) is 0 Å². The molecule has 0 saturated carbocycles. The zero-order valence-electron chi connectivity index (χ0n) is 47.8. The molecule has 3 aliphatic rings. The number of piperazine rings is 1. The number of benzene rings is 2. The molecule has 0 aliphatic carbocycles. The summed E-state index contributed by atoms with van der Waals surface area (Å²) in [5.74, 6) is -1.02. The van der Waals surface area contributed by atoms with E-state index in [0.29, 0.717) is 167 Å². The molecule has 0 atom stereocenters. The highest BCUT2D eigenvalue weighted by Gasteiger charge is 2.32. The van der Waals surface area contributed by atoms with Gasteiger partial charge < -0.3 is 59.9 Å². The third kappa shape index (κ3) is 20.2. The fourth-order valence-electron chi connectivity index (χ4n) is 10.4. The number of carboxylic acids is 2. The fourth-order valence-corrected chi connectivity index (χ4v) is 10.6. The lowest BCUT2D eigenvalue weighted by Crippen LogP contribution is -2.49. The minimum Gasteiger partial charge on any atom is -0.480 e. The number of aryl methyl sites for hydroxylation is 1. The first-order valence-electron chi connectivity index (χ1n) is 28.7. The summed E-state index contributed by atoms with van der Waals surface area (Å²) in [7, 11) is 0. The van der Waals surface area contributed by atoms with E-state index in [2.05, 4.69) is 31.6 Å². The number of carbonyl (C=O) groups excluding carboxylic acids is 2. The molecule has 2 amide bonds. The van der Waals surface area contributed by atoms with Gasteiger partial charge in [-0.05, 0) is 67.6 Å². The molecule has 5 heterocycles. The van der Waals surface area contributed by atoms with Crippen LogP contribution in [0, 0.1) is 12.7 Å². The van der Waals surface area contributed by atoms with Crippen molar-refractivity contribution in [3.63, 3.8) is 0 Å². The van der Waals surface area contributed by atoms with Crippen molar-refractivity contribution < 1.29 is 52.7 Å². The molecule has 3 aliphatic heterocycles. The van der Waals surface area contributed by atoms with Crippen molar-refractivity contribution in [1.29, 1.82) is 0 Å². The number of hydrogen-bond acceptors (Lipinski definition) is 17. The van der Waals surface area contributed by atoms with E-state index >= 15 is 4.39 Å². The number of aliphatic carboxylic acids is 2. The van der Waals surface area contributed by atoms with Crippen molar-refractivity contribution in [3.05, 3.63) is 71.2 Å². The van der Waals surface area contributed by atoms with Gasteiger partial charge in [0.05, 0.1) is 101 Å². The van der Waals surface area contributed by atoms with Crippen molar-refractivity contribution in [1.82, 2.24) is 44.8 Å². The molecule has 82 heavy (non-hydrogen) atoms. The Bertz CT molecular complexity index is 2700. The standard InChI is InChI=1S/C58H84ClFN12O10/c1-4-42(2)38-66-13-15-67(16-18-69(41-54(77)78)20-19-68(17-14-66)40-53(75)76)39-51(73)62-10-26-80-28-30-82-32-31-81-29-27-79-25-9-52(74)70-21-23-72(24-22-70)58-55(57-64-49-6-5-45(59)36-50(49)65-57)56(71-11-7-47(61)8-12-71)48(37-63-58)44-33-43(3)34-46(60)35-44/h5-6,33-37,47H,2,4,7-32,38-41,61H2,1,3H3,(H,62,73)(H,64,65)(H,75,76)(H,77,78). The Hall–Kier alpha value is -5.86. The molecule has 3 saturated heterocycles. The molecule has 4 aromatic rings. The molecule has 22 nitrogen and oxygen atoms in total. The van der Waals surface area contributed by atoms with Crippen molar-refractivity contribution in [3.8, 4) is 22.5 Å². The zero-order valence-corrected chi connectivity index (χ0v) is 48.5. The smallest absolute Gasteiger partial charge is 0.317 e. The number of piperidine rings is 1. The van der Waals surface area contributed by atoms with Gasteiger partial charge in [-0.25, -0.2) is 14.4 Å². The summed E-state index contributed by atoms with van der Waals surface area (Å²) in [6.45, 7) is 19.1. The number of aromatic nitrogens is 3. The number of nitrogens with one attached hydrogen (secondary N) is 2. The van der Waals surface area contributed by atoms with E-state index in [1.165, 1.54) is 6.07 Å². The first-order valence-corrected chi connectivity index (χ1v) is 29.1. The minimum atomic E-state index is -0.964. The van der Waals surface area contributed by atoms with E-state index in [0.717, 1.165) is 64.1 Å². The van der Waals surface area contributed by atoms with Crippen LogP contribution in [0.2, 0.25) is 5.02 Å². The SMILES string of the molecule is C=C(CC)CN1CCN(CC(=O)O)CCN(CC(=O)O)CCN(CC(=O)NCCOCCOCCOCCOCCC(=O)N2CCN(c3ncc(-c4cc(C)cc(F)c4)c(N4CCC(N)CC4)c3-c3nc4cc(Cl)ccc4[nH]3)CC2)CC1. The zero-order chi connectivity index (χ0) is 58.4. The lowest BCUT2D eigenvalue weighted by atomic mass is 9.96. The Morgan fingerprint density at radius 2 is 1.29 bits per heavy atom. The first-order chi connectivity index (χ1) is 39.6. The number of carboxylic acid groups (broad SMARTS) is 2. The van der Waals surface area contributed by atoms with Gasteiger partial charge in [0.1, 0.15) is 17.5 Å². The maximum atomic E-state index is 15.0. The summed E-state index contributed by atoms with van der Waals surface area (Å²) in [6.07, 6.45) is 4.50. The predicted molar refractivity (Wildman–Crippen MR) is 314 cm³/mol. The summed E-state index contributed by atoms with van der Waals surface area (Å²) < 4.78 is 37.8. The maximum Gasteiger partial charge on any atom is 0.317 e. The second-order valence-electron chi connectivity index (χ2n) is 21.2. The maximum absolute atomic E-state index is 15.0. The number of halogens is 2. The predicted octanol–water partition coefficient (Wildman–Crippen LogP) is 3.90. The minimum absolute atomic E-state index is 0.00720. The second kappa shape index (κ2) is 32.8. The second-order valence-corrected chi connectivity index (χ2v) is 21.7. The molecule has 0 radical (unpaired) electrons. The number of amides is 2. The number of hydrogen-bond donors (Lipinski definition) is 5. The largest absolute Gasteiger partial charge is 0.480 e. The average molecular weight is 1160 g/mol. The fraction of sp³-hybridized carbons (Fsp3) is 0.586. The van der Waals surface area contributed by atoms with Gasteiger partial charge >= 0.3 is 11.9 Å². The molecular weight excluding hydrogens is 1080 g/mol. The van der Waals surface area contributed by atoms with Gasteiger partial charge in [0.2, 0.25) is 11.8 Å². The molecule has 0 spiro atoms. The number of carbonyl (C=O) groups is 4. The molecule has 7 rings (SSSR count). The highest BCUT2D eigenvalue weighted by atomic mass is 35.5. The average Bonchev–Trinajstić information content (AvgIpc) is 2.48. The van der Waals surface area contributed by atoms with Crippen LogP contribution in [0.5, 0.6) is 0 Å². The Morgan fingerprint density at radius 1 is 0.732 bits per heavy atom. The van der Waals surface area contributed by atoms with Gasteiger partial charge in [-0.1, -0.05) is 36.7 Å². The van der Waals surface area contributed by atoms with Crippen molar-refractivity contribution in [2.45, 2.75) is 45.6 Å². The van der Waals surface area contributed by atoms with Crippen LogP contribution < -0.4 is 20.9 Å². The van der Waals surface area contributed by atoms with Crippen LogP contribution in [0.3, 0.4) is 0 Å². The first kappa shape index (κ1) is 63.7. The van der Waals surface area contributed by atoms with Crippen LogP contribution in [0.15, 0.2) is 54.7 Å². The van der Waals surface area contributed by atoms with Crippen molar-refractivity contribution in [2.24, 2.45) is 5.73 Å². The highest BCUT2D eigenvalue weighted by molar-refractivity contribution is 6.31. The molecule has 2 aromatic heterocycles. The number of pyridine rings is 1. The topological polar surface area (TPSA) is 248 Å². The molecule has 24 heteroatoms. The van der Waals surface area contributed by atoms with Crippen LogP contribution in [-0.2, 0) is 38.1 Å². The molecule has 6 N–H and O–H groups in total. The number of anilines is 2. The van der Waals surface area contributed by atoms with Crippen molar-refractivity contribution >= 4 is 57.9 Å². The summed E-state index contributed by atoms with van der Waals surface area (Å²) in [4.78, 5) is 77.6. The number of nitrogens with two attached hydrogens (primary N) is 1. The quantitative estimate of drug-likeness (QED) is 0.0400. The molecule has 2 aromatic carbocycles. The Morgan fingerprint density at radius 3 is 1.87 bits per heavy atom. The summed E-state index contributed by atoms with van der Waals surface area (Å²) >= 11 is 6.41. The number of imidazole rings is 1. The third-order valence-electron chi connectivity index (χ3n) is 15.0. The molecule has 450 valence electrons. The van der Waals surface area contributed by atoms with Crippen LogP contribution in [-0.4, -0.2) is 257 Å². The third-order valence-corrected chi connectivity index (χ3v) is 15.2. The number of ether oxygens (including phenoxy) is 4.